The van der Waals surface area contributed by atoms with E-state index < -0.39 is 11.4 Å². The van der Waals surface area contributed by atoms with Crippen LogP contribution in [0, 0.1) is 0 Å². The summed E-state index contributed by atoms with van der Waals surface area (Å²) in [6.07, 6.45) is 0. The normalized spacial score (nSPS) is 10.6. The Balaban J connectivity index is 2.19. The van der Waals surface area contributed by atoms with Gasteiger partial charge in [-0.3, -0.25) is 4.79 Å². The largest absolute Gasteiger partial charge is 0.497 e. The van der Waals surface area contributed by atoms with Gasteiger partial charge in [0.2, 0.25) is 5.43 Å². The van der Waals surface area contributed by atoms with Crippen molar-refractivity contribution in [3.05, 3.63) is 62.2 Å². The SMILES string of the molecule is COC(=O)c1c(Nc2ccc(OC)cc2)sc2cc(Cl)c(Cl)cc2c1=O. The van der Waals surface area contributed by atoms with Crippen molar-refractivity contribution < 1.29 is 14.3 Å². The molecule has 0 aliphatic rings. The molecule has 1 aromatic heterocycles. The summed E-state index contributed by atoms with van der Waals surface area (Å²) in [7, 11) is 2.80. The second-order valence-corrected chi connectivity index (χ2v) is 7.11. The van der Waals surface area contributed by atoms with Gasteiger partial charge in [-0.15, -0.1) is 11.3 Å². The van der Waals surface area contributed by atoms with Gasteiger partial charge in [0.25, 0.3) is 0 Å². The summed E-state index contributed by atoms with van der Waals surface area (Å²) in [5.74, 6) is -0.0351. The molecule has 0 spiro atoms. The summed E-state index contributed by atoms with van der Waals surface area (Å²) >= 11 is 13.3. The lowest BCUT2D eigenvalue weighted by Crippen LogP contribution is -2.18. The number of nitrogens with one attached hydrogen (secondary N) is 1. The molecule has 8 heteroatoms. The first-order valence-corrected chi connectivity index (χ1v) is 8.97. The standard InChI is InChI=1S/C18H13Cl2NO4S/c1-24-10-5-3-9(4-6-10)21-17-15(18(23)25-2)16(22)11-7-12(19)13(20)8-14(11)26-17/h3-8,21H,1-2H3. The van der Waals surface area contributed by atoms with Crippen LogP contribution in [0.2, 0.25) is 10.0 Å². The van der Waals surface area contributed by atoms with Crippen molar-refractivity contribution in [1.29, 1.82) is 0 Å². The molecule has 5 nitrogen and oxygen atoms in total. The molecule has 0 aliphatic heterocycles. The Morgan fingerprint density at radius 2 is 1.73 bits per heavy atom. The van der Waals surface area contributed by atoms with E-state index in [1.165, 1.54) is 24.5 Å². The minimum atomic E-state index is -0.727. The van der Waals surface area contributed by atoms with Crippen LogP contribution in [-0.2, 0) is 4.74 Å². The fourth-order valence-electron chi connectivity index (χ4n) is 2.37. The number of carbonyl (C=O) groups is 1. The molecule has 3 rings (SSSR count). The van der Waals surface area contributed by atoms with Crippen LogP contribution in [0.5, 0.6) is 5.75 Å². The lowest BCUT2D eigenvalue weighted by Gasteiger charge is -2.12. The highest BCUT2D eigenvalue weighted by molar-refractivity contribution is 7.22. The minimum absolute atomic E-state index is 0.0841. The van der Waals surface area contributed by atoms with Gasteiger partial charge in [0.05, 0.1) is 24.3 Å². The van der Waals surface area contributed by atoms with Gasteiger partial charge in [-0.2, -0.15) is 0 Å². The number of benzene rings is 2. The molecule has 3 aromatic rings. The molecule has 1 N–H and O–H groups in total. The molecule has 0 bridgehead atoms. The number of halogens is 2. The van der Waals surface area contributed by atoms with Gasteiger partial charge in [0.1, 0.15) is 16.3 Å². The van der Waals surface area contributed by atoms with Crippen molar-refractivity contribution >= 4 is 61.3 Å². The minimum Gasteiger partial charge on any atom is -0.497 e. The Morgan fingerprint density at radius 3 is 2.35 bits per heavy atom. The van der Waals surface area contributed by atoms with Crippen LogP contribution in [-0.4, -0.2) is 20.2 Å². The first-order chi connectivity index (χ1) is 12.4. The van der Waals surface area contributed by atoms with Crippen LogP contribution in [0.1, 0.15) is 10.4 Å². The smallest absolute Gasteiger partial charge is 0.344 e. The third kappa shape index (κ3) is 3.49. The van der Waals surface area contributed by atoms with Gasteiger partial charge in [-0.25, -0.2) is 4.79 Å². The fraction of sp³-hybridized carbons (Fsp3) is 0.111. The first-order valence-electron chi connectivity index (χ1n) is 7.40. The maximum absolute atomic E-state index is 12.8. The Labute approximate surface area is 163 Å². The number of fused-ring (bicyclic) bond motifs is 1. The Morgan fingerprint density at radius 1 is 1.08 bits per heavy atom. The molecule has 1 heterocycles. The monoisotopic (exact) mass is 409 g/mol. The summed E-state index contributed by atoms with van der Waals surface area (Å²) in [5.41, 5.74) is 0.130. The quantitative estimate of drug-likeness (QED) is 0.606. The molecule has 0 fully saturated rings. The van der Waals surface area contributed by atoms with Gasteiger partial charge >= 0.3 is 5.97 Å². The molecule has 0 aliphatic carbocycles. The van der Waals surface area contributed by atoms with E-state index in [9.17, 15) is 9.59 Å². The highest BCUT2D eigenvalue weighted by atomic mass is 35.5. The maximum Gasteiger partial charge on any atom is 0.344 e. The van der Waals surface area contributed by atoms with Gasteiger partial charge in [-0.1, -0.05) is 23.2 Å². The first kappa shape index (κ1) is 18.5. The zero-order valence-electron chi connectivity index (χ0n) is 13.8. The van der Waals surface area contributed by atoms with Gasteiger partial charge in [0.15, 0.2) is 0 Å². The Kier molecular flexibility index (Phi) is 5.36. The molecule has 0 saturated carbocycles. The average Bonchev–Trinajstić information content (AvgIpc) is 2.64. The Hall–Kier alpha value is -2.28. The number of ether oxygens (including phenoxy) is 2. The van der Waals surface area contributed by atoms with Crippen molar-refractivity contribution in [3.63, 3.8) is 0 Å². The summed E-state index contributed by atoms with van der Waals surface area (Å²) in [4.78, 5) is 25.1. The predicted octanol–water partition coefficient (Wildman–Crippen LogP) is 5.11. The van der Waals surface area contributed by atoms with Crippen molar-refractivity contribution in [3.8, 4) is 5.75 Å². The van der Waals surface area contributed by atoms with Crippen LogP contribution in [0.3, 0.4) is 0 Å². The van der Waals surface area contributed by atoms with Crippen LogP contribution >= 0.6 is 34.5 Å². The number of hydrogen-bond donors (Lipinski definition) is 1. The molecule has 0 saturated heterocycles. The topological polar surface area (TPSA) is 64.6 Å². The van der Waals surface area contributed by atoms with Crippen molar-refractivity contribution in [2.75, 3.05) is 19.5 Å². The zero-order chi connectivity index (χ0) is 18.8. The Bertz CT molecular complexity index is 1050. The molecule has 26 heavy (non-hydrogen) atoms. The molecule has 0 amide bonds. The van der Waals surface area contributed by atoms with Gasteiger partial charge in [-0.05, 0) is 36.4 Å². The lowest BCUT2D eigenvalue weighted by molar-refractivity contribution is 0.0601. The van der Waals surface area contributed by atoms with E-state index in [0.717, 1.165) is 0 Å². The highest BCUT2D eigenvalue weighted by Gasteiger charge is 2.21. The summed E-state index contributed by atoms with van der Waals surface area (Å²) in [6.45, 7) is 0. The van der Waals surface area contributed by atoms with E-state index in [4.69, 9.17) is 32.7 Å². The van der Waals surface area contributed by atoms with Gasteiger partial charge < -0.3 is 14.8 Å². The van der Waals surface area contributed by atoms with E-state index in [-0.39, 0.29) is 10.6 Å². The van der Waals surface area contributed by atoms with E-state index >= 15 is 0 Å². The summed E-state index contributed by atoms with van der Waals surface area (Å²) in [6, 6.07) is 10.1. The number of carbonyl (C=O) groups excluding carboxylic acids is 1. The third-order valence-corrected chi connectivity index (χ3v) is 5.46. The second kappa shape index (κ2) is 7.53. The number of hydrogen-bond acceptors (Lipinski definition) is 6. The summed E-state index contributed by atoms with van der Waals surface area (Å²) < 4.78 is 10.5. The number of rotatable bonds is 4. The van der Waals surface area contributed by atoms with Crippen molar-refractivity contribution in [1.82, 2.24) is 0 Å². The fourth-order valence-corrected chi connectivity index (χ4v) is 3.87. The number of esters is 1. The number of methoxy groups -OCH3 is 2. The molecular weight excluding hydrogens is 397 g/mol. The number of anilines is 2. The molecular formula is C18H13Cl2NO4S. The van der Waals surface area contributed by atoms with Crippen LogP contribution in [0.4, 0.5) is 10.7 Å². The van der Waals surface area contributed by atoms with E-state index in [1.807, 2.05) is 0 Å². The van der Waals surface area contributed by atoms with Crippen LogP contribution < -0.4 is 15.5 Å². The second-order valence-electron chi connectivity index (χ2n) is 5.24. The van der Waals surface area contributed by atoms with E-state index in [2.05, 4.69) is 5.32 Å². The molecule has 0 atom stereocenters. The van der Waals surface area contributed by atoms with Crippen LogP contribution in [0.25, 0.3) is 10.1 Å². The van der Waals surface area contributed by atoms with Crippen LogP contribution in [0.15, 0.2) is 41.2 Å². The molecule has 0 unspecified atom stereocenters. The highest BCUT2D eigenvalue weighted by Crippen LogP contribution is 2.34. The van der Waals surface area contributed by atoms with Crippen molar-refractivity contribution in [2.45, 2.75) is 0 Å². The molecule has 2 aromatic carbocycles. The van der Waals surface area contributed by atoms with E-state index in [1.54, 1.807) is 37.4 Å². The average molecular weight is 410 g/mol. The zero-order valence-corrected chi connectivity index (χ0v) is 16.1. The van der Waals surface area contributed by atoms with Gasteiger partial charge in [0, 0.05) is 15.8 Å². The summed E-state index contributed by atoms with van der Waals surface area (Å²) in [5, 5.41) is 4.34. The lowest BCUT2D eigenvalue weighted by atomic mass is 10.2. The molecule has 134 valence electrons. The van der Waals surface area contributed by atoms with E-state index in [0.29, 0.717) is 31.5 Å². The third-order valence-electron chi connectivity index (χ3n) is 3.67. The predicted molar refractivity (Wildman–Crippen MR) is 106 cm³/mol. The van der Waals surface area contributed by atoms with Crippen molar-refractivity contribution in [2.24, 2.45) is 0 Å². The maximum atomic E-state index is 12.8. The molecule has 0 radical (unpaired) electrons.